The molecule has 1 N–H and O–H groups in total. The van der Waals surface area contributed by atoms with E-state index in [9.17, 15) is 4.39 Å². The second kappa shape index (κ2) is 6.51. The molecule has 2 rings (SSSR count). The highest BCUT2D eigenvalue weighted by atomic mass is 19.1. The van der Waals surface area contributed by atoms with Crippen LogP contribution < -0.4 is 5.32 Å². The largest absolute Gasteiger partial charge is 0.314 e. The van der Waals surface area contributed by atoms with Crippen molar-refractivity contribution in [3.8, 4) is 0 Å². The molecule has 1 aromatic rings. The van der Waals surface area contributed by atoms with Gasteiger partial charge in [0.2, 0.25) is 0 Å². The quantitative estimate of drug-likeness (QED) is 0.779. The fourth-order valence-corrected chi connectivity index (χ4v) is 2.89. The standard InChI is InChI=1S/C17H26FN/c1-4-9-19-17(14-5-6-14)8-7-15-13(3)10-12(2)11-16(15)18/h10-11,14,17,19H,4-9H2,1-3H3. The summed E-state index contributed by atoms with van der Waals surface area (Å²) in [6.07, 6.45) is 5.77. The Labute approximate surface area is 116 Å². The molecule has 106 valence electrons. The van der Waals surface area contributed by atoms with E-state index < -0.39 is 0 Å². The normalized spacial score (nSPS) is 16.6. The van der Waals surface area contributed by atoms with E-state index in [1.165, 1.54) is 19.3 Å². The maximum Gasteiger partial charge on any atom is 0.126 e. The number of rotatable bonds is 7. The summed E-state index contributed by atoms with van der Waals surface area (Å²) >= 11 is 0. The molecule has 1 nitrogen and oxygen atoms in total. The molecular weight excluding hydrogens is 237 g/mol. The van der Waals surface area contributed by atoms with Crippen LogP contribution in [0.5, 0.6) is 0 Å². The first-order valence-corrected chi connectivity index (χ1v) is 7.60. The van der Waals surface area contributed by atoms with Gasteiger partial charge in [0.05, 0.1) is 0 Å². The second-order valence-electron chi connectivity index (χ2n) is 5.98. The predicted octanol–water partition coefficient (Wildman–Crippen LogP) is 4.15. The molecule has 1 unspecified atom stereocenters. The molecule has 0 bridgehead atoms. The molecule has 0 aromatic heterocycles. The van der Waals surface area contributed by atoms with Crippen LogP contribution >= 0.6 is 0 Å². The van der Waals surface area contributed by atoms with Gasteiger partial charge in [-0.2, -0.15) is 0 Å². The number of hydrogen-bond donors (Lipinski definition) is 1. The van der Waals surface area contributed by atoms with Gasteiger partial charge in [-0.15, -0.1) is 0 Å². The van der Waals surface area contributed by atoms with Crippen LogP contribution in [0, 0.1) is 25.6 Å². The van der Waals surface area contributed by atoms with E-state index in [1.54, 1.807) is 6.07 Å². The van der Waals surface area contributed by atoms with Gasteiger partial charge in [0, 0.05) is 6.04 Å². The van der Waals surface area contributed by atoms with Gasteiger partial charge < -0.3 is 5.32 Å². The van der Waals surface area contributed by atoms with Crippen molar-refractivity contribution in [2.75, 3.05) is 6.54 Å². The van der Waals surface area contributed by atoms with Gasteiger partial charge in [-0.25, -0.2) is 4.39 Å². The summed E-state index contributed by atoms with van der Waals surface area (Å²) < 4.78 is 14.0. The molecule has 0 saturated heterocycles. The molecule has 1 fully saturated rings. The van der Waals surface area contributed by atoms with E-state index in [0.717, 1.165) is 42.0 Å². The summed E-state index contributed by atoms with van der Waals surface area (Å²) in [6.45, 7) is 7.25. The predicted molar refractivity (Wildman–Crippen MR) is 79.0 cm³/mol. The van der Waals surface area contributed by atoms with Crippen LogP contribution in [0.1, 0.15) is 49.3 Å². The van der Waals surface area contributed by atoms with Crippen LogP contribution in [-0.4, -0.2) is 12.6 Å². The van der Waals surface area contributed by atoms with Gasteiger partial charge in [0.15, 0.2) is 0 Å². The molecule has 1 aliphatic carbocycles. The van der Waals surface area contributed by atoms with E-state index in [0.29, 0.717) is 6.04 Å². The lowest BCUT2D eigenvalue weighted by Crippen LogP contribution is -2.32. The third-order valence-electron chi connectivity index (χ3n) is 4.12. The first kappa shape index (κ1) is 14.5. The average Bonchev–Trinajstić information content (AvgIpc) is 3.15. The average molecular weight is 263 g/mol. The zero-order valence-electron chi connectivity index (χ0n) is 12.4. The van der Waals surface area contributed by atoms with Gasteiger partial charge in [0.25, 0.3) is 0 Å². The third-order valence-corrected chi connectivity index (χ3v) is 4.12. The van der Waals surface area contributed by atoms with E-state index >= 15 is 0 Å². The molecule has 1 aromatic carbocycles. The van der Waals surface area contributed by atoms with Crippen molar-refractivity contribution in [3.63, 3.8) is 0 Å². The van der Waals surface area contributed by atoms with E-state index in [-0.39, 0.29) is 5.82 Å². The van der Waals surface area contributed by atoms with E-state index in [4.69, 9.17) is 0 Å². The van der Waals surface area contributed by atoms with Crippen molar-refractivity contribution in [1.29, 1.82) is 0 Å². The molecule has 0 spiro atoms. The highest BCUT2D eigenvalue weighted by Gasteiger charge is 2.30. The Morgan fingerprint density at radius 2 is 2.05 bits per heavy atom. The molecule has 0 amide bonds. The smallest absolute Gasteiger partial charge is 0.126 e. The number of aryl methyl sites for hydroxylation is 2. The molecule has 0 radical (unpaired) electrons. The van der Waals surface area contributed by atoms with Crippen LogP contribution in [0.3, 0.4) is 0 Å². The Hall–Kier alpha value is -0.890. The minimum Gasteiger partial charge on any atom is -0.314 e. The van der Waals surface area contributed by atoms with Crippen molar-refractivity contribution in [2.45, 2.75) is 58.9 Å². The van der Waals surface area contributed by atoms with Crippen LogP contribution in [0.2, 0.25) is 0 Å². The van der Waals surface area contributed by atoms with Crippen LogP contribution in [0.15, 0.2) is 12.1 Å². The summed E-state index contributed by atoms with van der Waals surface area (Å²) in [6, 6.07) is 4.33. The van der Waals surface area contributed by atoms with E-state index in [1.807, 2.05) is 13.8 Å². The van der Waals surface area contributed by atoms with Crippen LogP contribution in [-0.2, 0) is 6.42 Å². The second-order valence-corrected chi connectivity index (χ2v) is 5.98. The summed E-state index contributed by atoms with van der Waals surface area (Å²) in [5, 5.41) is 3.63. The van der Waals surface area contributed by atoms with Gasteiger partial charge in [-0.1, -0.05) is 13.0 Å². The minimum absolute atomic E-state index is 0.0254. The highest BCUT2D eigenvalue weighted by molar-refractivity contribution is 5.32. The molecule has 2 heteroatoms. The third kappa shape index (κ3) is 4.04. The molecule has 1 atom stereocenters. The first-order chi connectivity index (χ1) is 9.11. The van der Waals surface area contributed by atoms with Crippen molar-refractivity contribution in [3.05, 3.63) is 34.6 Å². The maximum atomic E-state index is 14.0. The number of nitrogens with one attached hydrogen (secondary N) is 1. The Kier molecular flexibility index (Phi) is 4.98. The van der Waals surface area contributed by atoms with Crippen molar-refractivity contribution in [1.82, 2.24) is 5.32 Å². The van der Waals surface area contributed by atoms with Gasteiger partial charge >= 0.3 is 0 Å². The first-order valence-electron chi connectivity index (χ1n) is 7.60. The summed E-state index contributed by atoms with van der Waals surface area (Å²) in [4.78, 5) is 0. The van der Waals surface area contributed by atoms with Crippen LogP contribution in [0.4, 0.5) is 4.39 Å². The number of hydrogen-bond acceptors (Lipinski definition) is 1. The molecular formula is C17H26FN. The van der Waals surface area contributed by atoms with Gasteiger partial charge in [0.1, 0.15) is 5.82 Å². The number of benzene rings is 1. The molecule has 0 heterocycles. The topological polar surface area (TPSA) is 12.0 Å². The van der Waals surface area contributed by atoms with Crippen molar-refractivity contribution < 1.29 is 4.39 Å². The molecule has 0 aliphatic heterocycles. The van der Waals surface area contributed by atoms with Crippen LogP contribution in [0.25, 0.3) is 0 Å². The van der Waals surface area contributed by atoms with E-state index in [2.05, 4.69) is 18.3 Å². The van der Waals surface area contributed by atoms with Crippen molar-refractivity contribution >= 4 is 0 Å². The fraction of sp³-hybridized carbons (Fsp3) is 0.647. The molecule has 1 aliphatic rings. The van der Waals surface area contributed by atoms with Gasteiger partial charge in [-0.3, -0.25) is 0 Å². The number of halogens is 1. The summed E-state index contributed by atoms with van der Waals surface area (Å²) in [7, 11) is 0. The molecule has 1 saturated carbocycles. The molecule has 19 heavy (non-hydrogen) atoms. The maximum absolute atomic E-state index is 14.0. The zero-order valence-corrected chi connectivity index (χ0v) is 12.4. The summed E-state index contributed by atoms with van der Waals surface area (Å²) in [5.41, 5.74) is 3.03. The Balaban J connectivity index is 1.96. The van der Waals surface area contributed by atoms with Gasteiger partial charge in [-0.05, 0) is 81.2 Å². The summed E-state index contributed by atoms with van der Waals surface area (Å²) in [5.74, 6) is 0.808. The lowest BCUT2D eigenvalue weighted by molar-refractivity contribution is 0.432. The highest BCUT2D eigenvalue weighted by Crippen LogP contribution is 2.34. The fourth-order valence-electron chi connectivity index (χ4n) is 2.89. The lowest BCUT2D eigenvalue weighted by Gasteiger charge is -2.19. The Bertz CT molecular complexity index is 400. The Morgan fingerprint density at radius 1 is 1.32 bits per heavy atom. The SMILES string of the molecule is CCCNC(CCc1c(C)cc(C)cc1F)C1CC1. The zero-order chi connectivity index (χ0) is 13.8. The van der Waals surface area contributed by atoms with Crippen molar-refractivity contribution in [2.24, 2.45) is 5.92 Å². The lowest BCUT2D eigenvalue weighted by atomic mass is 9.97. The Morgan fingerprint density at radius 3 is 2.63 bits per heavy atom. The minimum atomic E-state index is -0.0254. The monoisotopic (exact) mass is 263 g/mol.